The van der Waals surface area contributed by atoms with E-state index in [0.717, 1.165) is 30.4 Å². The molecule has 1 aliphatic rings. The van der Waals surface area contributed by atoms with Gasteiger partial charge in [0.25, 0.3) is 5.91 Å². The topological polar surface area (TPSA) is 86.7 Å². The molecule has 2 aromatic carbocycles. The predicted molar refractivity (Wildman–Crippen MR) is 133 cm³/mol. The Balaban J connectivity index is 1.89. The van der Waals surface area contributed by atoms with Gasteiger partial charge in [-0.1, -0.05) is 93.3 Å². The third-order valence-corrected chi connectivity index (χ3v) is 6.94. The number of nitrogens with zero attached hydrogens (tertiary/aromatic N) is 1. The van der Waals surface area contributed by atoms with Gasteiger partial charge in [0, 0.05) is 0 Å². The van der Waals surface area contributed by atoms with Crippen LogP contribution < -0.4 is 5.32 Å². The van der Waals surface area contributed by atoms with Crippen molar-refractivity contribution in [2.75, 3.05) is 0 Å². The summed E-state index contributed by atoms with van der Waals surface area (Å²) in [6.07, 6.45) is 4.41. The van der Waals surface area contributed by atoms with Crippen LogP contribution in [0.4, 0.5) is 4.79 Å². The lowest BCUT2D eigenvalue weighted by Crippen LogP contribution is -2.60. The highest BCUT2D eigenvalue weighted by Gasteiger charge is 2.48. The number of hydrogen-bond acceptors (Lipinski definition) is 3. The van der Waals surface area contributed by atoms with Crippen molar-refractivity contribution < 1.29 is 19.5 Å². The zero-order chi connectivity index (χ0) is 24.6. The zero-order valence-electron chi connectivity index (χ0n) is 20.2. The number of ketones is 1. The average Bonchev–Trinajstić information content (AvgIpc) is 3.30. The van der Waals surface area contributed by atoms with Gasteiger partial charge >= 0.3 is 6.09 Å². The van der Waals surface area contributed by atoms with E-state index in [1.54, 1.807) is 0 Å². The van der Waals surface area contributed by atoms with Crippen molar-refractivity contribution >= 4 is 17.8 Å². The SMILES string of the molecule is CCCC[C@@H](C(=O)C(=O)N[C@H](C)c1ccccc1)N(C(=O)O)C1(Cc2ccccc2)CCCC1. The second-order valence-electron chi connectivity index (χ2n) is 9.37. The third kappa shape index (κ3) is 6.04. The molecule has 0 aromatic heterocycles. The van der Waals surface area contributed by atoms with Crippen molar-refractivity contribution in [1.82, 2.24) is 10.2 Å². The second-order valence-corrected chi connectivity index (χ2v) is 9.37. The molecular formula is C28H36N2O4. The summed E-state index contributed by atoms with van der Waals surface area (Å²) in [6, 6.07) is 17.9. The van der Waals surface area contributed by atoms with Crippen LogP contribution in [0.3, 0.4) is 0 Å². The molecule has 1 fully saturated rings. The Bertz CT molecular complexity index is 955. The molecule has 2 atom stereocenters. The van der Waals surface area contributed by atoms with Gasteiger partial charge in [-0.3, -0.25) is 14.5 Å². The maximum atomic E-state index is 13.5. The molecule has 0 saturated heterocycles. The number of carbonyl (C=O) groups excluding carboxylic acids is 2. The molecule has 0 heterocycles. The van der Waals surface area contributed by atoms with Crippen LogP contribution in [0.5, 0.6) is 0 Å². The Kier molecular flexibility index (Phi) is 8.85. The third-order valence-electron chi connectivity index (χ3n) is 6.94. The highest BCUT2D eigenvalue weighted by molar-refractivity contribution is 6.38. The lowest BCUT2D eigenvalue weighted by molar-refractivity contribution is -0.142. The molecule has 34 heavy (non-hydrogen) atoms. The van der Waals surface area contributed by atoms with E-state index in [1.165, 1.54) is 4.90 Å². The standard InChI is InChI=1S/C28H36N2O4/c1-3-4-17-24(25(31)26(32)29-21(2)23-15-9-6-10-16-23)30(27(33)34)28(18-11-12-19-28)20-22-13-7-5-8-14-22/h5-10,13-16,21,24H,3-4,11-12,17-20H2,1-2H3,(H,29,32)(H,33,34)/t21-,24+/m1/s1. The molecule has 2 amide bonds. The van der Waals surface area contributed by atoms with Crippen LogP contribution in [0.1, 0.15) is 76.0 Å². The molecular weight excluding hydrogens is 428 g/mol. The van der Waals surface area contributed by atoms with E-state index in [0.29, 0.717) is 32.1 Å². The lowest BCUT2D eigenvalue weighted by atomic mass is 9.84. The summed E-state index contributed by atoms with van der Waals surface area (Å²) < 4.78 is 0. The van der Waals surface area contributed by atoms with Crippen molar-refractivity contribution in [2.45, 2.75) is 82.8 Å². The summed E-state index contributed by atoms with van der Waals surface area (Å²) in [6.45, 7) is 3.82. The number of benzene rings is 2. The van der Waals surface area contributed by atoms with Gasteiger partial charge in [-0.15, -0.1) is 0 Å². The van der Waals surface area contributed by atoms with Crippen molar-refractivity contribution in [3.63, 3.8) is 0 Å². The molecule has 0 spiro atoms. The highest BCUT2D eigenvalue weighted by Crippen LogP contribution is 2.40. The number of Topliss-reactive ketones (excluding diaryl/α,β-unsaturated/α-hetero) is 1. The largest absolute Gasteiger partial charge is 0.465 e. The Morgan fingerprint density at radius 3 is 2.15 bits per heavy atom. The number of amides is 2. The summed E-state index contributed by atoms with van der Waals surface area (Å²) in [7, 11) is 0. The number of carbonyl (C=O) groups is 3. The first-order valence-corrected chi connectivity index (χ1v) is 12.3. The predicted octanol–water partition coefficient (Wildman–Crippen LogP) is 5.53. The summed E-state index contributed by atoms with van der Waals surface area (Å²) in [5.41, 5.74) is 1.24. The Morgan fingerprint density at radius 2 is 1.59 bits per heavy atom. The van der Waals surface area contributed by atoms with Gasteiger partial charge in [-0.05, 0) is 43.7 Å². The van der Waals surface area contributed by atoms with Crippen LogP contribution in [0.15, 0.2) is 60.7 Å². The first-order chi connectivity index (χ1) is 16.4. The van der Waals surface area contributed by atoms with Crippen LogP contribution >= 0.6 is 0 Å². The first-order valence-electron chi connectivity index (χ1n) is 12.3. The Hall–Kier alpha value is -3.15. The molecule has 1 aliphatic carbocycles. The van der Waals surface area contributed by atoms with Crippen LogP contribution in [-0.2, 0) is 16.0 Å². The minimum atomic E-state index is -1.13. The molecule has 0 aliphatic heterocycles. The molecule has 0 bridgehead atoms. The summed E-state index contributed by atoms with van der Waals surface area (Å²) in [5, 5.41) is 13.2. The quantitative estimate of drug-likeness (QED) is 0.428. The molecule has 182 valence electrons. The normalized spacial score (nSPS) is 16.4. The number of nitrogens with one attached hydrogen (secondary N) is 1. The van der Waals surface area contributed by atoms with Crippen LogP contribution in [0.25, 0.3) is 0 Å². The molecule has 1 saturated carbocycles. The van der Waals surface area contributed by atoms with E-state index in [2.05, 4.69) is 5.32 Å². The smallest absolute Gasteiger partial charge is 0.408 e. The molecule has 0 unspecified atom stereocenters. The Labute approximate surface area is 202 Å². The average molecular weight is 465 g/mol. The molecule has 2 aromatic rings. The zero-order valence-corrected chi connectivity index (χ0v) is 20.2. The minimum Gasteiger partial charge on any atom is -0.465 e. The molecule has 2 N–H and O–H groups in total. The number of hydrogen-bond donors (Lipinski definition) is 2. The minimum absolute atomic E-state index is 0.339. The number of unbranched alkanes of at least 4 members (excludes halogenated alkanes) is 1. The molecule has 0 radical (unpaired) electrons. The summed E-state index contributed by atoms with van der Waals surface area (Å²) in [4.78, 5) is 40.6. The first kappa shape index (κ1) is 25.5. The highest BCUT2D eigenvalue weighted by atomic mass is 16.4. The second kappa shape index (κ2) is 11.8. The maximum absolute atomic E-state index is 13.5. The van der Waals surface area contributed by atoms with Crippen molar-refractivity contribution in [2.24, 2.45) is 0 Å². The van der Waals surface area contributed by atoms with E-state index in [-0.39, 0.29) is 6.04 Å². The summed E-state index contributed by atoms with van der Waals surface area (Å²) >= 11 is 0. The van der Waals surface area contributed by atoms with E-state index in [1.807, 2.05) is 74.5 Å². The fourth-order valence-corrected chi connectivity index (χ4v) is 5.20. The number of rotatable bonds is 11. The molecule has 6 nitrogen and oxygen atoms in total. The summed E-state index contributed by atoms with van der Waals surface area (Å²) in [5.74, 6) is -1.39. The molecule has 3 rings (SSSR count). The van der Waals surface area contributed by atoms with Crippen LogP contribution in [0, 0.1) is 0 Å². The van der Waals surface area contributed by atoms with E-state index in [4.69, 9.17) is 0 Å². The van der Waals surface area contributed by atoms with Crippen LogP contribution in [0.2, 0.25) is 0 Å². The van der Waals surface area contributed by atoms with Gasteiger partial charge in [-0.25, -0.2) is 4.79 Å². The van der Waals surface area contributed by atoms with E-state index in [9.17, 15) is 19.5 Å². The Morgan fingerprint density at radius 1 is 1.00 bits per heavy atom. The van der Waals surface area contributed by atoms with Crippen molar-refractivity contribution in [3.8, 4) is 0 Å². The fraction of sp³-hybridized carbons (Fsp3) is 0.464. The van der Waals surface area contributed by atoms with E-state index < -0.39 is 29.4 Å². The van der Waals surface area contributed by atoms with Crippen LogP contribution in [-0.4, -0.2) is 39.4 Å². The maximum Gasteiger partial charge on any atom is 0.408 e. The van der Waals surface area contributed by atoms with Gasteiger partial charge in [0.05, 0.1) is 11.6 Å². The van der Waals surface area contributed by atoms with Gasteiger partial charge < -0.3 is 10.4 Å². The van der Waals surface area contributed by atoms with E-state index >= 15 is 0 Å². The van der Waals surface area contributed by atoms with Crippen molar-refractivity contribution in [1.29, 1.82) is 0 Å². The lowest BCUT2D eigenvalue weighted by Gasteiger charge is -2.44. The monoisotopic (exact) mass is 464 g/mol. The fourth-order valence-electron chi connectivity index (χ4n) is 5.20. The van der Waals surface area contributed by atoms with Gasteiger partial charge in [-0.2, -0.15) is 0 Å². The van der Waals surface area contributed by atoms with Gasteiger partial charge in [0.1, 0.15) is 6.04 Å². The number of carboxylic acid groups (broad SMARTS) is 1. The molecule has 6 heteroatoms. The van der Waals surface area contributed by atoms with Gasteiger partial charge in [0.2, 0.25) is 5.78 Å². The van der Waals surface area contributed by atoms with Crippen molar-refractivity contribution in [3.05, 3.63) is 71.8 Å². The van der Waals surface area contributed by atoms with Gasteiger partial charge in [0.15, 0.2) is 0 Å².